The van der Waals surface area contributed by atoms with Crippen LogP contribution in [0.4, 0.5) is 13.2 Å². The minimum Gasteiger partial charge on any atom is -0.478 e. The molecule has 0 radical (unpaired) electrons. The van der Waals surface area contributed by atoms with Gasteiger partial charge in [-0.3, -0.25) is 9.48 Å². The number of aromatic nitrogens is 2. The molecule has 1 aliphatic carbocycles. The summed E-state index contributed by atoms with van der Waals surface area (Å²) in [4.78, 5) is 24.3. The number of carboxylic acids is 1. The lowest BCUT2D eigenvalue weighted by atomic mass is 10.0. The van der Waals surface area contributed by atoms with Crippen LogP contribution in [0.1, 0.15) is 56.1 Å². The maximum atomic E-state index is 13.9. The number of halogens is 4. The minimum atomic E-state index is -4.79. The summed E-state index contributed by atoms with van der Waals surface area (Å²) in [7, 11) is 1.16. The normalized spacial score (nSPS) is 14.7. The Bertz CT molecular complexity index is 1210. The van der Waals surface area contributed by atoms with Crippen molar-refractivity contribution in [3.8, 4) is 0 Å². The Labute approximate surface area is 192 Å². The third kappa shape index (κ3) is 4.59. The van der Waals surface area contributed by atoms with Gasteiger partial charge < -0.3 is 10.4 Å². The topological polar surface area (TPSA) is 84.2 Å². The van der Waals surface area contributed by atoms with Crippen molar-refractivity contribution in [1.29, 1.82) is 0 Å². The molecule has 0 bridgehead atoms. The molecule has 4 rings (SSSR count). The van der Waals surface area contributed by atoms with Gasteiger partial charge in [-0.25, -0.2) is 4.79 Å². The van der Waals surface area contributed by atoms with Crippen LogP contribution in [-0.4, -0.2) is 26.8 Å². The third-order valence-electron chi connectivity index (χ3n) is 5.69. The van der Waals surface area contributed by atoms with Crippen molar-refractivity contribution in [3.63, 3.8) is 0 Å². The number of aryl methyl sites for hydroxylation is 1. The highest BCUT2D eigenvalue weighted by Crippen LogP contribution is 2.46. The maximum absolute atomic E-state index is 13.9. The minimum absolute atomic E-state index is 0.00155. The fourth-order valence-electron chi connectivity index (χ4n) is 3.89. The second-order valence-corrected chi connectivity index (χ2v) is 8.45. The van der Waals surface area contributed by atoms with Crippen molar-refractivity contribution >= 4 is 23.5 Å². The van der Waals surface area contributed by atoms with Gasteiger partial charge in [-0.2, -0.15) is 18.3 Å². The summed E-state index contributed by atoms with van der Waals surface area (Å²) in [6.45, 7) is 0. The molecule has 1 saturated carbocycles. The number of carboxylic acid groups (broad SMARTS) is 1. The molecule has 3 aromatic rings. The summed E-state index contributed by atoms with van der Waals surface area (Å²) in [6.07, 6.45) is -3.71. The number of carbonyl (C=O) groups is 2. The number of hydrogen-bond acceptors (Lipinski definition) is 3. The number of alkyl halides is 3. The van der Waals surface area contributed by atoms with Crippen LogP contribution in [0.5, 0.6) is 0 Å². The highest BCUT2D eigenvalue weighted by molar-refractivity contribution is 6.30. The van der Waals surface area contributed by atoms with Crippen LogP contribution in [0.2, 0.25) is 5.02 Å². The van der Waals surface area contributed by atoms with E-state index in [1.54, 1.807) is 36.4 Å². The monoisotopic (exact) mass is 477 g/mol. The van der Waals surface area contributed by atoms with Gasteiger partial charge in [0, 0.05) is 18.5 Å². The van der Waals surface area contributed by atoms with Gasteiger partial charge >= 0.3 is 12.1 Å². The summed E-state index contributed by atoms with van der Waals surface area (Å²) < 4.78 is 42.2. The SMILES string of the molecule is Cn1nc(Cc2ccc(Cl)cc2)c(C(=O)NC2(c3ccc(C(=O)O)cc3)CC2)c1C(F)(F)F. The molecule has 1 aromatic heterocycles. The van der Waals surface area contributed by atoms with E-state index < -0.39 is 34.8 Å². The van der Waals surface area contributed by atoms with Crippen LogP contribution in [-0.2, 0) is 25.2 Å². The number of carbonyl (C=O) groups excluding carboxylic acids is 1. The molecule has 0 unspecified atom stereocenters. The summed E-state index contributed by atoms with van der Waals surface area (Å²) in [5.74, 6) is -1.97. The first-order chi connectivity index (χ1) is 15.5. The second kappa shape index (κ2) is 8.22. The fraction of sp³-hybridized carbons (Fsp3) is 0.261. The average Bonchev–Trinajstić information content (AvgIpc) is 3.44. The molecule has 0 spiro atoms. The number of rotatable bonds is 6. The van der Waals surface area contributed by atoms with Crippen LogP contribution in [0.15, 0.2) is 48.5 Å². The zero-order chi connectivity index (χ0) is 24.0. The van der Waals surface area contributed by atoms with E-state index in [0.717, 1.165) is 7.05 Å². The number of nitrogens with zero attached hydrogens (tertiary/aromatic N) is 2. The largest absolute Gasteiger partial charge is 0.478 e. The number of aromatic carboxylic acids is 1. The van der Waals surface area contributed by atoms with Crippen LogP contribution in [0, 0.1) is 0 Å². The molecule has 1 amide bonds. The van der Waals surface area contributed by atoms with Crippen molar-refractivity contribution in [2.24, 2.45) is 7.05 Å². The van der Waals surface area contributed by atoms with Crippen molar-refractivity contribution in [2.75, 3.05) is 0 Å². The first-order valence-electron chi connectivity index (χ1n) is 10.0. The lowest BCUT2D eigenvalue weighted by Crippen LogP contribution is -2.36. The van der Waals surface area contributed by atoms with Gasteiger partial charge in [-0.1, -0.05) is 35.9 Å². The number of amides is 1. The van der Waals surface area contributed by atoms with Crippen molar-refractivity contribution < 1.29 is 27.9 Å². The molecule has 6 nitrogen and oxygen atoms in total. The van der Waals surface area contributed by atoms with Gasteiger partial charge in [-0.05, 0) is 48.2 Å². The molecule has 172 valence electrons. The van der Waals surface area contributed by atoms with E-state index in [2.05, 4.69) is 10.4 Å². The first kappa shape index (κ1) is 22.8. The van der Waals surface area contributed by atoms with Gasteiger partial charge in [0.05, 0.1) is 22.4 Å². The Morgan fingerprint density at radius 1 is 1.12 bits per heavy atom. The Kier molecular flexibility index (Phi) is 5.69. The second-order valence-electron chi connectivity index (χ2n) is 8.01. The van der Waals surface area contributed by atoms with Gasteiger partial charge in [0.25, 0.3) is 5.91 Å². The van der Waals surface area contributed by atoms with Gasteiger partial charge in [0.15, 0.2) is 5.69 Å². The van der Waals surface area contributed by atoms with E-state index in [-0.39, 0.29) is 17.7 Å². The average molecular weight is 478 g/mol. The van der Waals surface area contributed by atoms with Crippen LogP contribution in [0.25, 0.3) is 0 Å². The summed E-state index contributed by atoms with van der Waals surface area (Å²) in [6, 6.07) is 12.5. The van der Waals surface area contributed by atoms with Crippen LogP contribution >= 0.6 is 11.6 Å². The summed E-state index contributed by atoms with van der Waals surface area (Å²) in [5, 5.41) is 16.3. The lowest BCUT2D eigenvalue weighted by molar-refractivity contribution is -0.144. The first-order valence-corrected chi connectivity index (χ1v) is 10.4. The van der Waals surface area contributed by atoms with Crippen molar-refractivity contribution in [3.05, 3.63) is 87.2 Å². The standard InChI is InChI=1S/C23H19ClF3N3O3/c1-30-19(23(25,26)27)18(17(29-30)12-13-2-8-16(24)9-3-13)20(31)28-22(10-11-22)15-6-4-14(5-7-15)21(32)33/h2-9H,10-12H2,1H3,(H,28,31)(H,32,33). The molecule has 2 aromatic carbocycles. The lowest BCUT2D eigenvalue weighted by Gasteiger charge is -2.19. The summed E-state index contributed by atoms with van der Waals surface area (Å²) >= 11 is 5.89. The molecule has 1 heterocycles. The predicted octanol–water partition coefficient (Wildman–Crippen LogP) is 4.80. The number of nitrogens with one attached hydrogen (secondary N) is 1. The van der Waals surface area contributed by atoms with Gasteiger partial charge in [0.2, 0.25) is 0 Å². The highest BCUT2D eigenvalue weighted by atomic mass is 35.5. The van der Waals surface area contributed by atoms with Gasteiger partial charge in [0.1, 0.15) is 0 Å². The Hall–Kier alpha value is -3.33. The third-order valence-corrected chi connectivity index (χ3v) is 5.94. The Balaban J connectivity index is 1.68. The quantitative estimate of drug-likeness (QED) is 0.534. The molecule has 0 atom stereocenters. The predicted molar refractivity (Wildman–Crippen MR) is 114 cm³/mol. The van der Waals surface area contributed by atoms with E-state index in [4.69, 9.17) is 16.7 Å². The molecule has 0 saturated heterocycles. The zero-order valence-corrected chi connectivity index (χ0v) is 18.2. The van der Waals surface area contributed by atoms with Gasteiger partial charge in [-0.15, -0.1) is 0 Å². The number of hydrogen-bond donors (Lipinski definition) is 2. The molecule has 1 aliphatic rings. The zero-order valence-electron chi connectivity index (χ0n) is 17.4. The fourth-order valence-corrected chi connectivity index (χ4v) is 4.01. The smallest absolute Gasteiger partial charge is 0.433 e. The van der Waals surface area contributed by atoms with Crippen molar-refractivity contribution in [2.45, 2.75) is 31.0 Å². The molecule has 1 fully saturated rings. The Morgan fingerprint density at radius 2 is 1.73 bits per heavy atom. The Morgan fingerprint density at radius 3 is 2.24 bits per heavy atom. The van der Waals surface area contributed by atoms with E-state index in [1.165, 1.54) is 12.1 Å². The molecule has 0 aliphatic heterocycles. The van der Waals surface area contributed by atoms with E-state index in [1.807, 2.05) is 0 Å². The molecular weight excluding hydrogens is 459 g/mol. The van der Waals surface area contributed by atoms with E-state index >= 15 is 0 Å². The highest BCUT2D eigenvalue weighted by Gasteiger charge is 2.48. The van der Waals surface area contributed by atoms with E-state index in [0.29, 0.717) is 33.7 Å². The maximum Gasteiger partial charge on any atom is 0.433 e. The summed E-state index contributed by atoms with van der Waals surface area (Å²) in [5.41, 5.74) is -1.11. The molecule has 2 N–H and O–H groups in total. The van der Waals surface area contributed by atoms with Crippen LogP contribution in [0.3, 0.4) is 0 Å². The van der Waals surface area contributed by atoms with E-state index in [9.17, 15) is 22.8 Å². The molecule has 33 heavy (non-hydrogen) atoms. The molecular formula is C23H19ClF3N3O3. The number of benzene rings is 2. The van der Waals surface area contributed by atoms with Crippen molar-refractivity contribution in [1.82, 2.24) is 15.1 Å². The van der Waals surface area contributed by atoms with Crippen LogP contribution < -0.4 is 5.32 Å². The molecule has 10 heteroatoms.